The molecule has 6 heteroatoms. The number of allylic oxidation sites excluding steroid dienone is 1. The molecule has 0 aliphatic heterocycles. The third-order valence-electron chi connectivity index (χ3n) is 1.11. The van der Waals surface area contributed by atoms with Crippen LogP contribution in [0.15, 0.2) is 29.3 Å². The van der Waals surface area contributed by atoms with E-state index in [1.807, 2.05) is 0 Å². The topological polar surface area (TPSA) is 120 Å². The van der Waals surface area contributed by atoms with E-state index in [-0.39, 0.29) is 23.3 Å². The minimum Gasteiger partial charge on any atom is -0.393 e. The molecule has 13 heavy (non-hydrogen) atoms. The number of nitrogens with zero attached hydrogens (tertiary/aromatic N) is 1. The maximum absolute atomic E-state index is 10.8. The van der Waals surface area contributed by atoms with E-state index < -0.39 is 0 Å². The van der Waals surface area contributed by atoms with Crippen LogP contribution in [0.4, 0.5) is 0 Å². The van der Waals surface area contributed by atoms with Gasteiger partial charge in [-0.1, -0.05) is 6.58 Å². The van der Waals surface area contributed by atoms with Crippen LogP contribution in [0.1, 0.15) is 6.92 Å². The van der Waals surface area contributed by atoms with Crippen molar-refractivity contribution in [3.05, 3.63) is 24.3 Å². The van der Waals surface area contributed by atoms with Crippen molar-refractivity contribution in [2.45, 2.75) is 6.92 Å². The van der Waals surface area contributed by atoms with Gasteiger partial charge in [0.1, 0.15) is 5.70 Å². The highest BCUT2D eigenvalue weighted by molar-refractivity contribution is 5.93. The zero-order valence-corrected chi connectivity index (χ0v) is 7.37. The number of nitrogens with two attached hydrogens (primary N) is 3. The maximum atomic E-state index is 10.8. The number of guanidine groups is 1. The zero-order chi connectivity index (χ0) is 10.4. The second kappa shape index (κ2) is 4.81. The highest BCUT2D eigenvalue weighted by Gasteiger charge is 2.05. The number of nitrogens with one attached hydrogen (secondary N) is 1. The van der Waals surface area contributed by atoms with Gasteiger partial charge in [0.25, 0.3) is 0 Å². The summed E-state index contributed by atoms with van der Waals surface area (Å²) in [6, 6.07) is 0. The second-order valence-electron chi connectivity index (χ2n) is 2.20. The summed E-state index contributed by atoms with van der Waals surface area (Å²) in [6.07, 6.45) is 1.32. The van der Waals surface area contributed by atoms with Crippen molar-refractivity contribution in [1.29, 1.82) is 0 Å². The van der Waals surface area contributed by atoms with Crippen molar-refractivity contribution >= 4 is 11.7 Å². The van der Waals surface area contributed by atoms with Gasteiger partial charge in [-0.15, -0.1) is 0 Å². The molecular formula is C7H13N5O. The van der Waals surface area contributed by atoms with Gasteiger partial charge in [0.05, 0.1) is 0 Å². The van der Waals surface area contributed by atoms with Gasteiger partial charge < -0.3 is 22.5 Å². The van der Waals surface area contributed by atoms with Crippen LogP contribution in [0.3, 0.4) is 0 Å². The molecule has 0 aromatic carbocycles. The Morgan fingerprint density at radius 1 is 1.46 bits per heavy atom. The summed E-state index contributed by atoms with van der Waals surface area (Å²) in [5.41, 5.74) is 15.6. The fourth-order valence-electron chi connectivity index (χ4n) is 0.563. The van der Waals surface area contributed by atoms with Crippen molar-refractivity contribution in [3.8, 4) is 0 Å². The van der Waals surface area contributed by atoms with Gasteiger partial charge in [-0.2, -0.15) is 4.99 Å². The Hall–Kier alpha value is -1.98. The Bertz CT molecular complexity index is 275. The molecule has 0 aromatic heterocycles. The van der Waals surface area contributed by atoms with Crippen LogP contribution in [0.2, 0.25) is 0 Å². The van der Waals surface area contributed by atoms with Crippen molar-refractivity contribution in [1.82, 2.24) is 5.32 Å². The van der Waals surface area contributed by atoms with E-state index in [1.54, 1.807) is 0 Å². The molecule has 0 aliphatic carbocycles. The Morgan fingerprint density at radius 2 is 2.00 bits per heavy atom. The highest BCUT2D eigenvalue weighted by Crippen LogP contribution is 1.97. The number of rotatable bonds is 4. The Labute approximate surface area is 76.2 Å². The van der Waals surface area contributed by atoms with Crippen LogP contribution in [-0.2, 0) is 4.79 Å². The monoisotopic (exact) mass is 183 g/mol. The lowest BCUT2D eigenvalue weighted by Crippen LogP contribution is -2.26. The molecule has 0 saturated heterocycles. The second-order valence-corrected chi connectivity index (χ2v) is 2.20. The SMILES string of the molecule is C=CN/C(N=C(N)N)=C(\N)C(C)=O. The molecule has 0 amide bonds. The first-order chi connectivity index (χ1) is 5.99. The van der Waals surface area contributed by atoms with E-state index >= 15 is 0 Å². The molecule has 0 radical (unpaired) electrons. The number of ketones is 1. The van der Waals surface area contributed by atoms with Crippen LogP contribution >= 0.6 is 0 Å². The molecular weight excluding hydrogens is 170 g/mol. The van der Waals surface area contributed by atoms with E-state index in [0.717, 1.165) is 0 Å². The molecule has 0 heterocycles. The van der Waals surface area contributed by atoms with E-state index in [2.05, 4.69) is 16.9 Å². The third kappa shape index (κ3) is 3.80. The number of carbonyl (C=O) groups excluding carboxylic acids is 1. The van der Waals surface area contributed by atoms with Crippen LogP contribution < -0.4 is 22.5 Å². The molecule has 0 unspecified atom stereocenters. The first-order valence-corrected chi connectivity index (χ1v) is 3.46. The fourth-order valence-corrected chi connectivity index (χ4v) is 0.563. The Balaban J connectivity index is 4.99. The molecule has 0 fully saturated rings. The normalized spacial score (nSPS) is 11.2. The average molecular weight is 183 g/mol. The summed E-state index contributed by atoms with van der Waals surface area (Å²) in [5.74, 6) is -0.412. The minimum absolute atomic E-state index is 0.0479. The van der Waals surface area contributed by atoms with Gasteiger partial charge >= 0.3 is 0 Å². The molecule has 0 saturated carbocycles. The largest absolute Gasteiger partial charge is 0.393 e. The lowest BCUT2D eigenvalue weighted by atomic mass is 10.3. The van der Waals surface area contributed by atoms with E-state index in [1.165, 1.54) is 13.1 Å². The van der Waals surface area contributed by atoms with Crippen LogP contribution in [-0.4, -0.2) is 11.7 Å². The highest BCUT2D eigenvalue weighted by atomic mass is 16.1. The summed E-state index contributed by atoms with van der Waals surface area (Å²) in [5, 5.41) is 2.55. The van der Waals surface area contributed by atoms with E-state index in [0.29, 0.717) is 0 Å². The zero-order valence-electron chi connectivity index (χ0n) is 7.37. The van der Waals surface area contributed by atoms with Gasteiger partial charge in [0, 0.05) is 6.92 Å². The lowest BCUT2D eigenvalue weighted by molar-refractivity contribution is -0.113. The number of hydrogen-bond acceptors (Lipinski definition) is 4. The van der Waals surface area contributed by atoms with Crippen molar-refractivity contribution in [2.75, 3.05) is 0 Å². The molecule has 72 valence electrons. The predicted molar refractivity (Wildman–Crippen MR) is 51.0 cm³/mol. The van der Waals surface area contributed by atoms with Crippen molar-refractivity contribution in [3.63, 3.8) is 0 Å². The predicted octanol–water partition coefficient (Wildman–Crippen LogP) is -1.29. The average Bonchev–Trinajstić information content (AvgIpc) is 2.01. The summed E-state index contributed by atoms with van der Waals surface area (Å²) < 4.78 is 0. The first-order valence-electron chi connectivity index (χ1n) is 3.46. The number of carbonyl (C=O) groups is 1. The van der Waals surface area contributed by atoms with Gasteiger partial charge in [-0.3, -0.25) is 4.79 Å². The van der Waals surface area contributed by atoms with E-state index in [9.17, 15) is 4.79 Å². The smallest absolute Gasteiger partial charge is 0.192 e. The van der Waals surface area contributed by atoms with E-state index in [4.69, 9.17) is 17.2 Å². The third-order valence-corrected chi connectivity index (χ3v) is 1.11. The standard InChI is InChI=1S/C7H13N5O/c1-3-11-6(12-7(9)10)5(8)4(2)13/h3,11H,1,8H2,2H3,(H4,9,10,12)/b6-5+. The molecule has 6 nitrogen and oxygen atoms in total. The Kier molecular flexibility index (Phi) is 4.08. The van der Waals surface area contributed by atoms with Gasteiger partial charge in [-0.05, 0) is 6.20 Å². The Morgan fingerprint density at radius 3 is 2.31 bits per heavy atom. The minimum atomic E-state index is -0.325. The van der Waals surface area contributed by atoms with Gasteiger partial charge in [0.15, 0.2) is 17.6 Å². The fraction of sp³-hybridized carbons (Fsp3) is 0.143. The molecule has 0 aromatic rings. The lowest BCUT2D eigenvalue weighted by Gasteiger charge is -2.04. The quantitative estimate of drug-likeness (QED) is 0.245. The molecule has 0 aliphatic rings. The first kappa shape index (κ1) is 11.0. The van der Waals surface area contributed by atoms with Crippen LogP contribution in [0.5, 0.6) is 0 Å². The van der Waals surface area contributed by atoms with Crippen LogP contribution in [0.25, 0.3) is 0 Å². The molecule has 7 N–H and O–H groups in total. The maximum Gasteiger partial charge on any atom is 0.192 e. The van der Waals surface area contributed by atoms with Crippen molar-refractivity contribution < 1.29 is 4.79 Å². The molecule has 0 spiro atoms. The number of hydrogen-bond donors (Lipinski definition) is 4. The molecule has 0 rings (SSSR count). The number of aliphatic imine (C=N–C) groups is 1. The van der Waals surface area contributed by atoms with Gasteiger partial charge in [-0.25, -0.2) is 0 Å². The summed E-state index contributed by atoms with van der Waals surface area (Å²) in [6.45, 7) is 4.69. The summed E-state index contributed by atoms with van der Waals surface area (Å²) >= 11 is 0. The molecule has 0 atom stereocenters. The summed E-state index contributed by atoms with van der Waals surface area (Å²) in [4.78, 5) is 14.4. The van der Waals surface area contributed by atoms with Crippen molar-refractivity contribution in [2.24, 2.45) is 22.2 Å². The van der Waals surface area contributed by atoms with Gasteiger partial charge in [0.2, 0.25) is 0 Å². The number of Topliss-reactive ketones (excluding diaryl/α,β-unsaturated/α-hetero) is 1. The molecule has 0 bridgehead atoms. The summed E-state index contributed by atoms with van der Waals surface area (Å²) in [7, 11) is 0. The van der Waals surface area contributed by atoms with Crippen LogP contribution in [0, 0.1) is 0 Å².